The first-order chi connectivity index (χ1) is 10.6. The zero-order valence-corrected chi connectivity index (χ0v) is 13.6. The Balaban J connectivity index is 3.32. The minimum absolute atomic E-state index is 0.396. The highest BCUT2D eigenvalue weighted by molar-refractivity contribution is 5.88. The third kappa shape index (κ3) is 4.35. The first-order valence-electron chi connectivity index (χ1n) is 7.51. The van der Waals surface area contributed by atoms with Gasteiger partial charge in [0.25, 0.3) is 0 Å². The van der Waals surface area contributed by atoms with Crippen molar-refractivity contribution in [2.75, 3.05) is 7.11 Å². The van der Waals surface area contributed by atoms with Crippen molar-refractivity contribution in [3.8, 4) is 5.75 Å². The number of carboxylic acids is 1. The number of allylic oxidation sites excluding steroid dienone is 4. The van der Waals surface area contributed by atoms with Gasteiger partial charge in [-0.25, -0.2) is 4.79 Å². The van der Waals surface area contributed by atoms with Crippen molar-refractivity contribution < 1.29 is 14.6 Å². The first kappa shape index (κ1) is 17.8. The summed E-state index contributed by atoms with van der Waals surface area (Å²) in [6.07, 6.45) is 7.38. The number of carbonyl (C=O) groups is 1. The van der Waals surface area contributed by atoms with Gasteiger partial charge in [-0.2, -0.15) is 0 Å². The number of aliphatic carboxylic acids is 1. The first-order valence-corrected chi connectivity index (χ1v) is 7.51. The number of benzene rings is 1. The van der Waals surface area contributed by atoms with E-state index in [-0.39, 0.29) is 0 Å². The van der Waals surface area contributed by atoms with Crippen molar-refractivity contribution in [1.82, 2.24) is 0 Å². The Morgan fingerprint density at radius 2 is 2.05 bits per heavy atom. The Morgan fingerprint density at radius 3 is 2.55 bits per heavy atom. The van der Waals surface area contributed by atoms with Gasteiger partial charge in [0.2, 0.25) is 0 Å². The second kappa shape index (κ2) is 8.88. The van der Waals surface area contributed by atoms with Gasteiger partial charge in [-0.1, -0.05) is 63.3 Å². The SMILES string of the molecule is C=C/C(=C\C=C(/CCC)C(=O)O)c1cccc(CC)c1OC. The van der Waals surface area contributed by atoms with E-state index in [2.05, 4.69) is 13.5 Å². The fraction of sp³-hybridized carbons (Fsp3) is 0.316. The minimum Gasteiger partial charge on any atom is -0.496 e. The average Bonchev–Trinajstić information content (AvgIpc) is 2.53. The molecule has 0 saturated carbocycles. The quantitative estimate of drug-likeness (QED) is 0.562. The molecule has 0 aliphatic heterocycles. The van der Waals surface area contributed by atoms with Gasteiger partial charge in [-0.15, -0.1) is 0 Å². The summed E-state index contributed by atoms with van der Waals surface area (Å²) in [4.78, 5) is 11.2. The number of hydrogen-bond donors (Lipinski definition) is 1. The lowest BCUT2D eigenvalue weighted by Crippen LogP contribution is -2.00. The molecule has 0 heterocycles. The molecule has 3 heteroatoms. The van der Waals surface area contributed by atoms with Gasteiger partial charge in [0, 0.05) is 11.1 Å². The minimum atomic E-state index is -0.879. The van der Waals surface area contributed by atoms with Crippen LogP contribution in [0.25, 0.3) is 5.57 Å². The lowest BCUT2D eigenvalue weighted by Gasteiger charge is -2.13. The third-order valence-electron chi connectivity index (χ3n) is 3.47. The van der Waals surface area contributed by atoms with E-state index >= 15 is 0 Å². The van der Waals surface area contributed by atoms with Gasteiger partial charge in [-0.3, -0.25) is 0 Å². The Hall–Kier alpha value is -2.29. The molecule has 1 rings (SSSR count). The maximum Gasteiger partial charge on any atom is 0.331 e. The van der Waals surface area contributed by atoms with E-state index in [0.29, 0.717) is 12.0 Å². The molecule has 1 N–H and O–H groups in total. The largest absolute Gasteiger partial charge is 0.496 e. The Bertz CT molecular complexity index is 595. The van der Waals surface area contributed by atoms with Crippen molar-refractivity contribution in [1.29, 1.82) is 0 Å². The highest BCUT2D eigenvalue weighted by atomic mass is 16.5. The van der Waals surface area contributed by atoms with Crippen LogP contribution in [-0.2, 0) is 11.2 Å². The van der Waals surface area contributed by atoms with Gasteiger partial charge in [-0.05, 0) is 24.0 Å². The van der Waals surface area contributed by atoms with E-state index in [1.807, 2.05) is 25.1 Å². The molecule has 22 heavy (non-hydrogen) atoms. The number of carboxylic acid groups (broad SMARTS) is 1. The molecule has 3 nitrogen and oxygen atoms in total. The van der Waals surface area contributed by atoms with Crippen molar-refractivity contribution in [2.45, 2.75) is 33.1 Å². The molecular weight excluding hydrogens is 276 g/mol. The number of para-hydroxylation sites is 1. The Kier molecular flexibility index (Phi) is 7.17. The number of rotatable bonds is 8. The molecule has 0 unspecified atom stereocenters. The standard InChI is InChI=1S/C19H24O3/c1-5-9-16(19(20)21)13-12-14(6-2)17-11-8-10-15(7-3)18(17)22-4/h6,8,10-13H,2,5,7,9H2,1,3-4H3,(H,20,21)/b14-12+,16-13+. The van der Waals surface area contributed by atoms with E-state index in [9.17, 15) is 9.90 Å². The van der Waals surface area contributed by atoms with Crippen molar-refractivity contribution in [2.24, 2.45) is 0 Å². The number of ether oxygens (including phenoxy) is 1. The lowest BCUT2D eigenvalue weighted by molar-refractivity contribution is -0.132. The molecule has 118 valence electrons. The lowest BCUT2D eigenvalue weighted by atomic mass is 9.99. The summed E-state index contributed by atoms with van der Waals surface area (Å²) in [7, 11) is 1.65. The Morgan fingerprint density at radius 1 is 1.32 bits per heavy atom. The summed E-state index contributed by atoms with van der Waals surface area (Å²) in [5.41, 5.74) is 3.28. The molecule has 1 aromatic rings. The van der Waals surface area contributed by atoms with E-state index in [0.717, 1.165) is 35.3 Å². The molecule has 0 radical (unpaired) electrons. The van der Waals surface area contributed by atoms with E-state index in [1.54, 1.807) is 25.3 Å². The zero-order chi connectivity index (χ0) is 16.5. The molecule has 0 atom stereocenters. The Labute approximate surface area is 132 Å². The highest BCUT2D eigenvalue weighted by Crippen LogP contribution is 2.31. The topological polar surface area (TPSA) is 46.5 Å². The van der Waals surface area contributed by atoms with Gasteiger partial charge >= 0.3 is 5.97 Å². The van der Waals surface area contributed by atoms with Crippen LogP contribution in [0.15, 0.2) is 48.6 Å². The summed E-state index contributed by atoms with van der Waals surface area (Å²) in [6, 6.07) is 5.96. The van der Waals surface area contributed by atoms with Gasteiger partial charge in [0.15, 0.2) is 0 Å². The van der Waals surface area contributed by atoms with Gasteiger partial charge in [0.1, 0.15) is 5.75 Å². The zero-order valence-electron chi connectivity index (χ0n) is 13.6. The van der Waals surface area contributed by atoms with Crippen LogP contribution < -0.4 is 4.74 Å². The van der Waals surface area contributed by atoms with Crippen LogP contribution in [0.2, 0.25) is 0 Å². The predicted octanol–water partition coefficient (Wildman–Crippen LogP) is 4.64. The van der Waals surface area contributed by atoms with Gasteiger partial charge in [0.05, 0.1) is 7.11 Å². The van der Waals surface area contributed by atoms with Crippen molar-refractivity contribution in [3.63, 3.8) is 0 Å². The molecule has 0 bridgehead atoms. The van der Waals surface area contributed by atoms with Crippen LogP contribution in [0.4, 0.5) is 0 Å². The summed E-state index contributed by atoms with van der Waals surface area (Å²) in [6.45, 7) is 7.87. The summed E-state index contributed by atoms with van der Waals surface area (Å²) in [5, 5.41) is 9.20. The van der Waals surface area contributed by atoms with Crippen LogP contribution in [0, 0.1) is 0 Å². The van der Waals surface area contributed by atoms with Crippen LogP contribution in [0.5, 0.6) is 5.75 Å². The molecule has 0 aromatic heterocycles. The van der Waals surface area contributed by atoms with Crippen molar-refractivity contribution >= 4 is 11.5 Å². The second-order valence-corrected chi connectivity index (χ2v) is 4.92. The van der Waals surface area contributed by atoms with Gasteiger partial charge < -0.3 is 9.84 Å². The molecular formula is C19H24O3. The van der Waals surface area contributed by atoms with E-state index in [1.165, 1.54) is 0 Å². The van der Waals surface area contributed by atoms with Crippen LogP contribution in [0.3, 0.4) is 0 Å². The average molecular weight is 300 g/mol. The van der Waals surface area contributed by atoms with Crippen LogP contribution in [-0.4, -0.2) is 18.2 Å². The molecule has 0 saturated heterocycles. The van der Waals surface area contributed by atoms with Crippen LogP contribution in [0.1, 0.15) is 37.8 Å². The third-order valence-corrected chi connectivity index (χ3v) is 3.47. The molecule has 1 aromatic carbocycles. The number of aryl methyl sites for hydroxylation is 1. The van der Waals surface area contributed by atoms with Crippen LogP contribution >= 0.6 is 0 Å². The molecule has 0 fully saturated rings. The summed E-state index contributed by atoms with van der Waals surface area (Å²) in [5.74, 6) is -0.0623. The van der Waals surface area contributed by atoms with E-state index in [4.69, 9.17) is 4.74 Å². The maximum atomic E-state index is 11.2. The maximum absolute atomic E-state index is 11.2. The predicted molar refractivity (Wildman–Crippen MR) is 91.2 cm³/mol. The van der Waals surface area contributed by atoms with Crippen molar-refractivity contribution in [3.05, 3.63) is 59.7 Å². The fourth-order valence-corrected chi connectivity index (χ4v) is 2.32. The molecule has 0 spiro atoms. The highest BCUT2D eigenvalue weighted by Gasteiger charge is 2.10. The smallest absolute Gasteiger partial charge is 0.331 e. The second-order valence-electron chi connectivity index (χ2n) is 4.92. The molecule has 0 aliphatic rings. The summed E-state index contributed by atoms with van der Waals surface area (Å²) >= 11 is 0. The number of methoxy groups -OCH3 is 1. The molecule has 0 aliphatic carbocycles. The van der Waals surface area contributed by atoms with E-state index < -0.39 is 5.97 Å². The molecule has 0 amide bonds. The monoisotopic (exact) mass is 300 g/mol. The summed E-state index contributed by atoms with van der Waals surface area (Å²) < 4.78 is 5.53. The normalized spacial score (nSPS) is 12.1. The number of hydrogen-bond acceptors (Lipinski definition) is 2. The fourth-order valence-electron chi connectivity index (χ4n) is 2.32.